The van der Waals surface area contributed by atoms with Gasteiger partial charge in [-0.3, -0.25) is 13.9 Å². The number of hydrogen-bond acceptors (Lipinski definition) is 4. The topological polar surface area (TPSA) is 86.8 Å². The molecule has 1 atom stereocenters. The van der Waals surface area contributed by atoms with Crippen molar-refractivity contribution in [3.63, 3.8) is 0 Å². The number of benzene rings is 3. The van der Waals surface area contributed by atoms with Crippen molar-refractivity contribution in [1.82, 2.24) is 10.2 Å². The summed E-state index contributed by atoms with van der Waals surface area (Å²) >= 11 is 2.14. The van der Waals surface area contributed by atoms with Gasteiger partial charge in [-0.2, -0.15) is 0 Å². The van der Waals surface area contributed by atoms with Crippen molar-refractivity contribution in [1.29, 1.82) is 0 Å². The molecule has 0 radical (unpaired) electrons. The molecule has 3 aromatic rings. The second-order valence-electron chi connectivity index (χ2n) is 8.52. The van der Waals surface area contributed by atoms with Crippen molar-refractivity contribution in [3.05, 3.63) is 94.1 Å². The number of amides is 2. The fourth-order valence-electron chi connectivity index (χ4n) is 3.92. The van der Waals surface area contributed by atoms with E-state index >= 15 is 0 Å². The Morgan fingerprint density at radius 2 is 1.49 bits per heavy atom. The maximum atomic E-state index is 13.9. The Kier molecular flexibility index (Phi) is 10.5. The second-order valence-corrected chi connectivity index (χ2v) is 11.6. The Morgan fingerprint density at radius 1 is 0.892 bits per heavy atom. The van der Waals surface area contributed by atoms with Crippen molar-refractivity contribution in [2.24, 2.45) is 0 Å². The fourth-order valence-corrected chi connectivity index (χ4v) is 5.72. The van der Waals surface area contributed by atoms with E-state index in [4.69, 9.17) is 0 Å². The molecule has 0 spiro atoms. The first-order chi connectivity index (χ1) is 17.8. The lowest BCUT2D eigenvalue weighted by molar-refractivity contribution is -0.140. The van der Waals surface area contributed by atoms with Gasteiger partial charge in [0.15, 0.2) is 0 Å². The maximum Gasteiger partial charge on any atom is 0.264 e. The summed E-state index contributed by atoms with van der Waals surface area (Å²) in [4.78, 5) is 28.5. The number of nitrogens with zero attached hydrogens (tertiary/aromatic N) is 2. The van der Waals surface area contributed by atoms with Crippen LogP contribution in [0, 0.1) is 3.57 Å². The van der Waals surface area contributed by atoms with Gasteiger partial charge < -0.3 is 10.2 Å². The van der Waals surface area contributed by atoms with Crippen molar-refractivity contribution >= 4 is 50.1 Å². The van der Waals surface area contributed by atoms with Crippen LogP contribution in [0.3, 0.4) is 0 Å². The Morgan fingerprint density at radius 3 is 2.05 bits per heavy atom. The summed E-state index contributed by atoms with van der Waals surface area (Å²) in [6, 6.07) is 23.6. The lowest BCUT2D eigenvalue weighted by atomic mass is 10.1. The van der Waals surface area contributed by atoms with Gasteiger partial charge in [0.2, 0.25) is 11.8 Å². The summed E-state index contributed by atoms with van der Waals surface area (Å²) in [6.45, 7) is 4.05. The maximum absolute atomic E-state index is 13.9. The summed E-state index contributed by atoms with van der Waals surface area (Å²) in [5.41, 5.74) is 1.23. The van der Waals surface area contributed by atoms with E-state index < -0.39 is 28.5 Å². The number of carbonyl (C=O) groups is 2. The van der Waals surface area contributed by atoms with E-state index in [1.807, 2.05) is 44.2 Å². The predicted molar refractivity (Wildman–Crippen MR) is 155 cm³/mol. The number of sulfonamides is 1. The first-order valence-corrected chi connectivity index (χ1v) is 14.7. The Bertz CT molecular complexity index is 1270. The van der Waals surface area contributed by atoms with E-state index in [1.165, 1.54) is 17.0 Å². The van der Waals surface area contributed by atoms with Gasteiger partial charge in [0, 0.05) is 16.7 Å². The molecule has 0 saturated carbocycles. The summed E-state index contributed by atoms with van der Waals surface area (Å²) < 4.78 is 29.5. The van der Waals surface area contributed by atoms with Crippen LogP contribution in [0.25, 0.3) is 0 Å². The van der Waals surface area contributed by atoms with Crippen LogP contribution in [0.1, 0.15) is 32.3 Å². The molecule has 0 bridgehead atoms. The molecule has 0 fully saturated rings. The van der Waals surface area contributed by atoms with Crippen LogP contribution < -0.4 is 9.62 Å². The Hall–Kier alpha value is -2.92. The van der Waals surface area contributed by atoms with Gasteiger partial charge in [-0.05, 0) is 77.4 Å². The molecule has 0 saturated heterocycles. The predicted octanol–water partition coefficient (Wildman–Crippen LogP) is 4.82. The van der Waals surface area contributed by atoms with E-state index in [0.717, 1.165) is 19.9 Å². The molecule has 0 heterocycles. The fraction of sp³-hybridized carbons (Fsp3) is 0.286. The minimum absolute atomic E-state index is 0.0867. The molecule has 196 valence electrons. The van der Waals surface area contributed by atoms with Crippen LogP contribution in [0.5, 0.6) is 0 Å². The van der Waals surface area contributed by atoms with Gasteiger partial charge in [0.05, 0.1) is 10.6 Å². The molecule has 0 aliphatic heterocycles. The van der Waals surface area contributed by atoms with Crippen LogP contribution in [0.2, 0.25) is 0 Å². The van der Waals surface area contributed by atoms with E-state index in [9.17, 15) is 18.0 Å². The first-order valence-electron chi connectivity index (χ1n) is 12.2. The number of anilines is 1. The highest BCUT2D eigenvalue weighted by molar-refractivity contribution is 14.1. The Labute approximate surface area is 233 Å². The van der Waals surface area contributed by atoms with E-state index in [0.29, 0.717) is 18.7 Å². The van der Waals surface area contributed by atoms with E-state index in [-0.39, 0.29) is 17.3 Å². The molecule has 0 aliphatic carbocycles. The van der Waals surface area contributed by atoms with Gasteiger partial charge in [-0.25, -0.2) is 8.42 Å². The van der Waals surface area contributed by atoms with Crippen LogP contribution in [-0.4, -0.2) is 44.3 Å². The van der Waals surface area contributed by atoms with E-state index in [1.54, 1.807) is 42.5 Å². The zero-order valence-electron chi connectivity index (χ0n) is 21.0. The van der Waals surface area contributed by atoms with Crippen molar-refractivity contribution in [2.45, 2.75) is 44.2 Å². The molecular weight excluding hydrogens is 601 g/mol. The minimum Gasteiger partial charge on any atom is -0.354 e. The third kappa shape index (κ3) is 7.54. The molecule has 2 amide bonds. The lowest BCUT2D eigenvalue weighted by Crippen LogP contribution is -2.52. The summed E-state index contributed by atoms with van der Waals surface area (Å²) in [5.74, 6) is -0.708. The van der Waals surface area contributed by atoms with E-state index in [2.05, 4.69) is 27.9 Å². The van der Waals surface area contributed by atoms with Crippen molar-refractivity contribution in [3.8, 4) is 0 Å². The lowest BCUT2D eigenvalue weighted by Gasteiger charge is -2.33. The van der Waals surface area contributed by atoms with Gasteiger partial charge >= 0.3 is 0 Å². The summed E-state index contributed by atoms with van der Waals surface area (Å²) in [7, 11) is -4.05. The Balaban J connectivity index is 2.02. The van der Waals surface area contributed by atoms with Crippen LogP contribution in [-0.2, 0) is 26.2 Å². The van der Waals surface area contributed by atoms with Crippen LogP contribution >= 0.6 is 22.6 Å². The second kappa shape index (κ2) is 13.6. The summed E-state index contributed by atoms with van der Waals surface area (Å²) in [5, 5.41) is 2.89. The molecule has 37 heavy (non-hydrogen) atoms. The standard InChI is InChI=1S/C28H32IN3O4S/c1-3-19-30-28(34)26(4-2)31(20-22-11-7-5-8-12-22)27(33)21-32(24-17-15-23(29)16-18-24)37(35,36)25-13-9-6-10-14-25/h5-18,26H,3-4,19-21H2,1-2H3,(H,30,34)/t26-/m0/s1. The van der Waals surface area contributed by atoms with Gasteiger partial charge in [-0.1, -0.05) is 62.4 Å². The molecular formula is C28H32IN3O4S. The zero-order chi connectivity index (χ0) is 26.8. The molecule has 0 aromatic heterocycles. The van der Waals surface area contributed by atoms with Gasteiger partial charge in [-0.15, -0.1) is 0 Å². The first kappa shape index (κ1) is 28.6. The highest BCUT2D eigenvalue weighted by Crippen LogP contribution is 2.25. The zero-order valence-corrected chi connectivity index (χ0v) is 24.0. The smallest absolute Gasteiger partial charge is 0.264 e. The average Bonchev–Trinajstić information content (AvgIpc) is 2.92. The van der Waals surface area contributed by atoms with Crippen molar-refractivity contribution < 1.29 is 18.0 Å². The third-order valence-corrected chi connectivity index (χ3v) is 8.36. The molecule has 7 nitrogen and oxygen atoms in total. The normalized spacial score (nSPS) is 12.0. The molecule has 9 heteroatoms. The molecule has 3 aromatic carbocycles. The van der Waals surface area contributed by atoms with Gasteiger partial charge in [0.25, 0.3) is 10.0 Å². The molecule has 1 N–H and O–H groups in total. The highest BCUT2D eigenvalue weighted by Gasteiger charge is 2.33. The molecule has 0 unspecified atom stereocenters. The van der Waals surface area contributed by atoms with Gasteiger partial charge in [0.1, 0.15) is 12.6 Å². The minimum atomic E-state index is -4.05. The molecule has 0 aliphatic rings. The largest absolute Gasteiger partial charge is 0.354 e. The average molecular weight is 634 g/mol. The van der Waals surface area contributed by atoms with Crippen molar-refractivity contribution in [2.75, 3.05) is 17.4 Å². The molecule has 3 rings (SSSR count). The number of hydrogen-bond donors (Lipinski definition) is 1. The third-order valence-electron chi connectivity index (χ3n) is 5.86. The number of carbonyl (C=O) groups excluding carboxylic acids is 2. The number of halogens is 1. The SMILES string of the molecule is CCCNC(=O)[C@H](CC)N(Cc1ccccc1)C(=O)CN(c1ccc(I)cc1)S(=O)(=O)c1ccccc1. The monoisotopic (exact) mass is 633 g/mol. The quantitative estimate of drug-likeness (QED) is 0.290. The van der Waals surface area contributed by atoms with Crippen LogP contribution in [0.4, 0.5) is 5.69 Å². The number of nitrogens with one attached hydrogen (secondary N) is 1. The number of rotatable bonds is 12. The highest BCUT2D eigenvalue weighted by atomic mass is 127. The van der Waals surface area contributed by atoms with Crippen LogP contribution in [0.15, 0.2) is 89.8 Å². The summed E-state index contributed by atoms with van der Waals surface area (Å²) in [6.07, 6.45) is 1.16.